The van der Waals surface area contributed by atoms with Gasteiger partial charge in [0.15, 0.2) is 4.80 Å². The van der Waals surface area contributed by atoms with E-state index in [0.29, 0.717) is 49.6 Å². The molecule has 2 heterocycles. The van der Waals surface area contributed by atoms with Crippen LogP contribution in [0.1, 0.15) is 28.4 Å². The van der Waals surface area contributed by atoms with Crippen molar-refractivity contribution < 1.29 is 17.9 Å². The fourth-order valence-electron chi connectivity index (χ4n) is 4.37. The SMILES string of the molecule is CCOCCn1c(=NC(=O)c2ccc(S(=O)(=O)N3CCc4ccccc4C3)cc2)sc2ccccc21. The molecule has 0 radical (unpaired) electrons. The minimum Gasteiger partial charge on any atom is -0.380 e. The van der Waals surface area contributed by atoms with Crippen molar-refractivity contribution in [3.8, 4) is 0 Å². The van der Waals surface area contributed by atoms with Crippen molar-refractivity contribution in [2.24, 2.45) is 4.99 Å². The lowest BCUT2D eigenvalue weighted by atomic mass is 10.0. The number of benzene rings is 3. The first kappa shape index (κ1) is 24.6. The van der Waals surface area contributed by atoms with Crippen molar-refractivity contribution in [1.82, 2.24) is 8.87 Å². The first-order valence-electron chi connectivity index (χ1n) is 11.9. The van der Waals surface area contributed by atoms with Crippen molar-refractivity contribution in [3.63, 3.8) is 0 Å². The second-order valence-electron chi connectivity index (χ2n) is 8.50. The molecule has 7 nitrogen and oxygen atoms in total. The van der Waals surface area contributed by atoms with E-state index >= 15 is 0 Å². The summed E-state index contributed by atoms with van der Waals surface area (Å²) in [6.07, 6.45) is 0.684. The maximum atomic E-state index is 13.2. The van der Waals surface area contributed by atoms with Gasteiger partial charge in [-0.2, -0.15) is 9.30 Å². The molecule has 1 aromatic heterocycles. The molecule has 0 aliphatic carbocycles. The minimum atomic E-state index is -3.67. The van der Waals surface area contributed by atoms with Gasteiger partial charge < -0.3 is 9.30 Å². The normalized spacial score (nSPS) is 14.8. The Bertz CT molecular complexity index is 1570. The second-order valence-corrected chi connectivity index (χ2v) is 11.4. The third kappa shape index (κ3) is 4.92. The fraction of sp³-hybridized carbons (Fsp3) is 0.259. The zero-order chi connectivity index (χ0) is 25.1. The maximum Gasteiger partial charge on any atom is 0.279 e. The van der Waals surface area contributed by atoms with E-state index < -0.39 is 15.9 Å². The van der Waals surface area contributed by atoms with Gasteiger partial charge in [0, 0.05) is 31.8 Å². The van der Waals surface area contributed by atoms with Crippen molar-refractivity contribution >= 4 is 37.5 Å². The molecule has 5 rings (SSSR count). The van der Waals surface area contributed by atoms with E-state index in [2.05, 4.69) is 4.99 Å². The summed E-state index contributed by atoms with van der Waals surface area (Å²) in [5.41, 5.74) is 3.55. The highest BCUT2D eigenvalue weighted by atomic mass is 32.2. The van der Waals surface area contributed by atoms with Crippen LogP contribution in [0, 0.1) is 0 Å². The van der Waals surface area contributed by atoms with Crippen LogP contribution in [0.2, 0.25) is 0 Å². The number of fused-ring (bicyclic) bond motifs is 2. The predicted octanol–water partition coefficient (Wildman–Crippen LogP) is 4.23. The van der Waals surface area contributed by atoms with Gasteiger partial charge in [0.2, 0.25) is 10.0 Å². The van der Waals surface area contributed by atoms with Crippen LogP contribution in [0.3, 0.4) is 0 Å². The summed E-state index contributed by atoms with van der Waals surface area (Å²) in [6.45, 7) is 4.45. The molecule has 3 aromatic carbocycles. The van der Waals surface area contributed by atoms with Gasteiger partial charge in [0.05, 0.1) is 21.7 Å². The van der Waals surface area contributed by atoms with Gasteiger partial charge >= 0.3 is 0 Å². The van der Waals surface area contributed by atoms with E-state index in [1.54, 1.807) is 0 Å². The van der Waals surface area contributed by atoms with Crippen LogP contribution in [0.15, 0.2) is 82.7 Å². The molecule has 9 heteroatoms. The van der Waals surface area contributed by atoms with Crippen LogP contribution >= 0.6 is 11.3 Å². The van der Waals surface area contributed by atoms with Crippen LogP contribution in [0.4, 0.5) is 0 Å². The number of hydrogen-bond donors (Lipinski definition) is 0. The standard InChI is InChI=1S/C27H27N3O4S2/c1-2-34-18-17-30-24-9-5-6-10-25(24)35-27(30)28-26(31)21-11-13-23(14-12-21)36(32,33)29-16-15-20-7-3-4-8-22(20)19-29/h3-14H,2,15-19H2,1H3. The van der Waals surface area contributed by atoms with Gasteiger partial charge in [-0.25, -0.2) is 8.42 Å². The number of sulfonamides is 1. The van der Waals surface area contributed by atoms with Gasteiger partial charge in [-0.3, -0.25) is 4.79 Å². The van der Waals surface area contributed by atoms with E-state index in [0.717, 1.165) is 15.8 Å². The number of rotatable bonds is 7. The van der Waals surface area contributed by atoms with E-state index in [4.69, 9.17) is 4.74 Å². The zero-order valence-electron chi connectivity index (χ0n) is 20.0. The molecule has 0 N–H and O–H groups in total. The largest absolute Gasteiger partial charge is 0.380 e. The molecule has 0 saturated carbocycles. The monoisotopic (exact) mass is 521 g/mol. The molecule has 1 amide bonds. The average Bonchev–Trinajstić information content (AvgIpc) is 3.25. The summed E-state index contributed by atoms with van der Waals surface area (Å²) >= 11 is 1.44. The molecule has 4 aromatic rings. The first-order valence-corrected chi connectivity index (χ1v) is 14.1. The molecule has 36 heavy (non-hydrogen) atoms. The highest BCUT2D eigenvalue weighted by Crippen LogP contribution is 2.25. The number of ether oxygens (including phenoxy) is 1. The topological polar surface area (TPSA) is 81.0 Å². The summed E-state index contributed by atoms with van der Waals surface area (Å²) < 4.78 is 36.5. The average molecular weight is 522 g/mol. The van der Waals surface area contributed by atoms with Crippen molar-refractivity contribution in [2.75, 3.05) is 19.8 Å². The predicted molar refractivity (Wildman–Crippen MR) is 140 cm³/mol. The highest BCUT2D eigenvalue weighted by molar-refractivity contribution is 7.89. The molecular formula is C27H27N3O4S2. The summed E-state index contributed by atoms with van der Waals surface area (Å²) in [6, 6.07) is 21.9. The highest BCUT2D eigenvalue weighted by Gasteiger charge is 2.28. The molecule has 1 aliphatic heterocycles. The molecule has 0 unspecified atom stereocenters. The molecule has 0 bridgehead atoms. The molecule has 1 aliphatic rings. The number of aromatic nitrogens is 1. The fourth-order valence-corrected chi connectivity index (χ4v) is 6.84. The van der Waals surface area contributed by atoms with E-state index in [1.165, 1.54) is 45.5 Å². The number of amides is 1. The number of hydrogen-bond acceptors (Lipinski definition) is 5. The molecular weight excluding hydrogens is 494 g/mol. The van der Waals surface area contributed by atoms with Crippen LogP contribution < -0.4 is 4.80 Å². The van der Waals surface area contributed by atoms with Gasteiger partial charge in [-0.05, 0) is 60.9 Å². The number of thiazole rings is 1. The Kier molecular flexibility index (Phi) is 7.15. The molecule has 186 valence electrons. The van der Waals surface area contributed by atoms with E-state index in [-0.39, 0.29) is 4.90 Å². The summed E-state index contributed by atoms with van der Waals surface area (Å²) in [5.74, 6) is -0.414. The zero-order valence-corrected chi connectivity index (χ0v) is 21.6. The summed E-state index contributed by atoms with van der Waals surface area (Å²) in [4.78, 5) is 18.1. The van der Waals surface area contributed by atoms with Crippen molar-refractivity contribution in [2.45, 2.75) is 31.3 Å². The summed E-state index contributed by atoms with van der Waals surface area (Å²) in [7, 11) is -3.67. The number of carbonyl (C=O) groups excluding carboxylic acids is 1. The Labute approximate surface area is 214 Å². The Hall–Kier alpha value is -3.11. The number of para-hydroxylation sites is 1. The maximum absolute atomic E-state index is 13.2. The van der Waals surface area contributed by atoms with Crippen LogP contribution in [-0.2, 0) is 34.3 Å². The number of nitrogens with zero attached hydrogens (tertiary/aromatic N) is 3. The van der Waals surface area contributed by atoms with E-state index in [1.807, 2.05) is 60.0 Å². The lowest BCUT2D eigenvalue weighted by Gasteiger charge is -2.28. The third-order valence-electron chi connectivity index (χ3n) is 6.28. The van der Waals surface area contributed by atoms with Crippen LogP contribution in [0.5, 0.6) is 0 Å². The quantitative estimate of drug-likeness (QED) is 0.341. The summed E-state index contributed by atoms with van der Waals surface area (Å²) in [5, 5.41) is 0. The smallest absolute Gasteiger partial charge is 0.279 e. The van der Waals surface area contributed by atoms with Crippen molar-refractivity contribution in [3.05, 3.63) is 94.3 Å². The van der Waals surface area contributed by atoms with Crippen molar-refractivity contribution in [1.29, 1.82) is 0 Å². The molecule has 0 fully saturated rings. The lowest BCUT2D eigenvalue weighted by Crippen LogP contribution is -2.35. The lowest BCUT2D eigenvalue weighted by molar-refractivity contribution is 0.0996. The van der Waals surface area contributed by atoms with Gasteiger partial charge in [0.25, 0.3) is 5.91 Å². The number of carbonyl (C=O) groups is 1. The second kappa shape index (κ2) is 10.5. The van der Waals surface area contributed by atoms with Crippen LogP contribution in [0.25, 0.3) is 10.2 Å². The Morgan fingerprint density at radius 2 is 1.72 bits per heavy atom. The van der Waals surface area contributed by atoms with Gasteiger partial charge in [-0.15, -0.1) is 0 Å². The first-order chi connectivity index (χ1) is 17.5. The third-order valence-corrected chi connectivity index (χ3v) is 9.20. The van der Waals surface area contributed by atoms with Gasteiger partial charge in [-0.1, -0.05) is 47.7 Å². The Morgan fingerprint density at radius 3 is 2.50 bits per heavy atom. The molecule has 0 spiro atoms. The molecule has 0 saturated heterocycles. The Morgan fingerprint density at radius 1 is 1.00 bits per heavy atom. The minimum absolute atomic E-state index is 0.173. The Balaban J connectivity index is 1.39. The van der Waals surface area contributed by atoms with Gasteiger partial charge in [0.1, 0.15) is 0 Å². The van der Waals surface area contributed by atoms with E-state index in [9.17, 15) is 13.2 Å². The van der Waals surface area contributed by atoms with Crippen LogP contribution in [-0.4, -0.2) is 43.0 Å². The molecule has 0 atom stereocenters.